The van der Waals surface area contributed by atoms with Crippen molar-refractivity contribution < 1.29 is 0 Å². The van der Waals surface area contributed by atoms with Crippen LogP contribution in [0.2, 0.25) is 0 Å². The first-order valence-corrected chi connectivity index (χ1v) is 9.48. The maximum Gasteiger partial charge on any atom is 0.0178 e. The van der Waals surface area contributed by atoms with Crippen LogP contribution in [-0.2, 0) is 6.54 Å². The molecular formula is C20H36NP. The first-order chi connectivity index (χ1) is 10.9. The Morgan fingerprint density at radius 3 is 1.59 bits per heavy atom. The molecule has 0 saturated heterocycles. The molecule has 2 N–H and O–H groups in total. The van der Waals surface area contributed by atoms with Crippen LogP contribution >= 0.6 is 9.24 Å². The van der Waals surface area contributed by atoms with E-state index >= 15 is 0 Å². The Morgan fingerprint density at radius 2 is 1.14 bits per heavy atom. The van der Waals surface area contributed by atoms with Crippen molar-refractivity contribution in [3.8, 4) is 11.1 Å². The molecule has 0 radical (unpaired) electrons. The van der Waals surface area contributed by atoms with Gasteiger partial charge in [0.1, 0.15) is 0 Å². The van der Waals surface area contributed by atoms with E-state index in [0.717, 1.165) is 0 Å². The third-order valence-electron chi connectivity index (χ3n) is 2.27. The molecule has 2 aromatic rings. The van der Waals surface area contributed by atoms with Gasteiger partial charge in [-0.15, -0.1) is 9.24 Å². The second-order valence-electron chi connectivity index (χ2n) is 3.27. The predicted molar refractivity (Wildman–Crippen MR) is 109 cm³/mol. The van der Waals surface area contributed by atoms with Gasteiger partial charge in [-0.25, -0.2) is 0 Å². The van der Waals surface area contributed by atoms with Crippen LogP contribution in [0, 0.1) is 0 Å². The first kappa shape index (κ1) is 25.8. The fraction of sp³-hybridized carbons (Fsp3) is 0.400. The summed E-state index contributed by atoms with van der Waals surface area (Å²) in [5.41, 5.74) is 9.24. The van der Waals surface area contributed by atoms with Gasteiger partial charge in [-0.3, -0.25) is 0 Å². The van der Waals surface area contributed by atoms with Gasteiger partial charge in [-0.1, -0.05) is 96.7 Å². The zero-order valence-electron chi connectivity index (χ0n) is 15.6. The van der Waals surface area contributed by atoms with Gasteiger partial charge in [-0.05, 0) is 22.8 Å². The molecule has 1 atom stereocenters. The van der Waals surface area contributed by atoms with Crippen molar-refractivity contribution in [2.45, 2.75) is 48.1 Å². The van der Waals surface area contributed by atoms with Crippen LogP contribution in [-0.4, -0.2) is 6.66 Å². The average molecular weight is 321 g/mol. The van der Waals surface area contributed by atoms with Gasteiger partial charge in [0.25, 0.3) is 0 Å². The molecule has 1 nitrogen and oxygen atoms in total. The van der Waals surface area contributed by atoms with Gasteiger partial charge in [-0.2, -0.15) is 0 Å². The molecule has 0 amide bonds. The highest BCUT2D eigenvalue weighted by molar-refractivity contribution is 7.15. The highest BCUT2D eigenvalue weighted by atomic mass is 31.0. The van der Waals surface area contributed by atoms with Crippen molar-refractivity contribution in [3.63, 3.8) is 0 Å². The monoisotopic (exact) mass is 321 g/mol. The molecule has 0 bridgehead atoms. The number of benzene rings is 2. The first-order valence-electron chi connectivity index (χ1n) is 8.32. The SMILES string of the molecule is CC.CC.CC.CP.NCc1cccc(-c2ccccc2)c1. The fourth-order valence-electron chi connectivity index (χ4n) is 1.51. The van der Waals surface area contributed by atoms with E-state index in [1.807, 2.05) is 78.5 Å². The number of hydrogen-bond donors (Lipinski definition) is 1. The second kappa shape index (κ2) is 22.1. The van der Waals surface area contributed by atoms with Crippen LogP contribution in [0.4, 0.5) is 0 Å². The minimum absolute atomic E-state index is 0.598. The summed E-state index contributed by atoms with van der Waals surface area (Å²) in [5, 5.41) is 0. The lowest BCUT2D eigenvalue weighted by Crippen LogP contribution is -1.95. The van der Waals surface area contributed by atoms with Gasteiger partial charge in [0, 0.05) is 6.54 Å². The minimum Gasteiger partial charge on any atom is -0.326 e. The molecular weight excluding hydrogens is 285 g/mol. The highest BCUT2D eigenvalue weighted by Crippen LogP contribution is 2.19. The molecule has 0 aliphatic rings. The predicted octanol–water partition coefficient (Wildman–Crippen LogP) is 6.38. The largest absolute Gasteiger partial charge is 0.326 e. The summed E-state index contributed by atoms with van der Waals surface area (Å²) >= 11 is 0. The molecule has 1 unspecified atom stereocenters. The van der Waals surface area contributed by atoms with Gasteiger partial charge in [0.05, 0.1) is 0 Å². The lowest BCUT2D eigenvalue weighted by molar-refractivity contribution is 1.07. The van der Waals surface area contributed by atoms with Crippen molar-refractivity contribution in [1.82, 2.24) is 0 Å². The van der Waals surface area contributed by atoms with Crippen molar-refractivity contribution in [3.05, 3.63) is 60.2 Å². The number of rotatable bonds is 2. The molecule has 0 saturated carbocycles. The van der Waals surface area contributed by atoms with E-state index in [1.165, 1.54) is 16.7 Å². The van der Waals surface area contributed by atoms with Gasteiger partial charge in [0.2, 0.25) is 0 Å². The summed E-state index contributed by atoms with van der Waals surface area (Å²) in [6.45, 7) is 14.5. The molecule has 2 heteroatoms. The summed E-state index contributed by atoms with van der Waals surface area (Å²) < 4.78 is 0. The summed E-state index contributed by atoms with van der Waals surface area (Å²) in [6.07, 6.45) is 0. The summed E-state index contributed by atoms with van der Waals surface area (Å²) in [6, 6.07) is 18.7. The van der Waals surface area contributed by atoms with Crippen LogP contribution in [0.5, 0.6) is 0 Å². The van der Waals surface area contributed by atoms with Crippen LogP contribution in [0.15, 0.2) is 54.6 Å². The molecule has 126 valence electrons. The Labute approximate surface area is 141 Å². The van der Waals surface area contributed by atoms with Crippen molar-refractivity contribution >= 4 is 9.24 Å². The quantitative estimate of drug-likeness (QED) is 0.638. The van der Waals surface area contributed by atoms with E-state index in [9.17, 15) is 0 Å². The third-order valence-corrected chi connectivity index (χ3v) is 2.27. The molecule has 22 heavy (non-hydrogen) atoms. The van der Waals surface area contributed by atoms with Gasteiger partial charge in [0.15, 0.2) is 0 Å². The maximum absolute atomic E-state index is 5.60. The maximum atomic E-state index is 5.60. The Morgan fingerprint density at radius 1 is 0.682 bits per heavy atom. The van der Waals surface area contributed by atoms with Crippen LogP contribution in [0.3, 0.4) is 0 Å². The van der Waals surface area contributed by atoms with Crippen molar-refractivity contribution in [2.24, 2.45) is 5.73 Å². The summed E-state index contributed by atoms with van der Waals surface area (Å²) in [7, 11) is 2.42. The third kappa shape index (κ3) is 11.5. The zero-order valence-corrected chi connectivity index (χ0v) is 16.7. The average Bonchev–Trinajstić information content (AvgIpc) is 2.69. The number of hydrogen-bond acceptors (Lipinski definition) is 1. The van der Waals surface area contributed by atoms with Gasteiger partial charge < -0.3 is 5.73 Å². The van der Waals surface area contributed by atoms with Crippen LogP contribution in [0.1, 0.15) is 47.1 Å². The standard InChI is InChI=1S/C13H13N.3C2H6.CH5P/c14-10-11-5-4-8-13(9-11)12-6-2-1-3-7-12;4*1-2/h1-9H,10,14H2;3*1-2H3;2H2,1H3. The zero-order chi connectivity index (χ0) is 17.8. The molecule has 0 spiro atoms. The lowest BCUT2D eigenvalue weighted by Gasteiger charge is -2.03. The second-order valence-corrected chi connectivity index (χ2v) is 3.27. The molecule has 0 aliphatic heterocycles. The van der Waals surface area contributed by atoms with E-state index in [0.29, 0.717) is 6.54 Å². The normalized spacial score (nSPS) is 7.50. The molecule has 2 rings (SSSR count). The molecule has 0 aliphatic carbocycles. The molecule has 0 fully saturated rings. The van der Waals surface area contributed by atoms with E-state index in [-0.39, 0.29) is 0 Å². The molecule has 0 aromatic heterocycles. The van der Waals surface area contributed by atoms with E-state index in [1.54, 1.807) is 0 Å². The van der Waals surface area contributed by atoms with Crippen LogP contribution in [0.25, 0.3) is 11.1 Å². The number of nitrogens with two attached hydrogens (primary N) is 1. The van der Waals surface area contributed by atoms with E-state index < -0.39 is 0 Å². The Kier molecular flexibility index (Phi) is 25.9. The minimum atomic E-state index is 0.598. The molecule has 2 aromatic carbocycles. The summed E-state index contributed by atoms with van der Waals surface area (Å²) in [5.74, 6) is 0. The topological polar surface area (TPSA) is 26.0 Å². The van der Waals surface area contributed by atoms with Gasteiger partial charge >= 0.3 is 0 Å². The Hall–Kier alpha value is -1.17. The lowest BCUT2D eigenvalue weighted by atomic mass is 10.0. The summed E-state index contributed by atoms with van der Waals surface area (Å²) in [4.78, 5) is 0. The highest BCUT2D eigenvalue weighted by Gasteiger charge is 1.96. The molecule has 0 heterocycles. The van der Waals surface area contributed by atoms with Crippen molar-refractivity contribution in [1.29, 1.82) is 0 Å². The smallest absolute Gasteiger partial charge is 0.0178 e. The van der Waals surface area contributed by atoms with Crippen LogP contribution < -0.4 is 5.73 Å². The van der Waals surface area contributed by atoms with Crippen molar-refractivity contribution in [2.75, 3.05) is 6.66 Å². The Bertz CT molecular complexity index is 413. The Balaban J connectivity index is -0.000000394. The van der Waals surface area contributed by atoms with E-state index in [4.69, 9.17) is 5.73 Å². The van der Waals surface area contributed by atoms with E-state index in [2.05, 4.69) is 33.5 Å². The fourth-order valence-corrected chi connectivity index (χ4v) is 1.51.